The summed E-state index contributed by atoms with van der Waals surface area (Å²) in [6.07, 6.45) is 0. The first kappa shape index (κ1) is 14.9. The third-order valence-corrected chi connectivity index (χ3v) is 3.59. The molecule has 0 saturated carbocycles. The molecule has 2 heteroatoms. The molecule has 2 unspecified atom stereocenters. The zero-order valence-corrected chi connectivity index (χ0v) is 11.7. The molecular weight excluding hydrogens is 184 g/mol. The number of hydrogen-bond donors (Lipinski definition) is 1. The van der Waals surface area contributed by atoms with Crippen molar-refractivity contribution in [3.05, 3.63) is 0 Å². The van der Waals surface area contributed by atoms with Gasteiger partial charge in [0.25, 0.3) is 0 Å². The molecule has 0 rings (SSSR count). The molecule has 1 N–H and O–H groups in total. The van der Waals surface area contributed by atoms with Gasteiger partial charge >= 0.3 is 0 Å². The van der Waals surface area contributed by atoms with Gasteiger partial charge in [0.05, 0.1) is 0 Å². The molecule has 92 valence electrons. The molecule has 2 atom stereocenters. The van der Waals surface area contributed by atoms with Gasteiger partial charge < -0.3 is 10.2 Å². The lowest BCUT2D eigenvalue weighted by molar-refractivity contribution is 0.205. The number of rotatable bonds is 7. The molecule has 0 aromatic rings. The minimum atomic E-state index is 0.618. The Balaban J connectivity index is 3.67. The minimum absolute atomic E-state index is 0.618. The predicted molar refractivity (Wildman–Crippen MR) is 69.2 cm³/mol. The van der Waals surface area contributed by atoms with E-state index >= 15 is 0 Å². The van der Waals surface area contributed by atoms with Crippen molar-refractivity contribution in [3.63, 3.8) is 0 Å². The van der Waals surface area contributed by atoms with Crippen LogP contribution >= 0.6 is 0 Å². The number of nitrogens with zero attached hydrogens (tertiary/aromatic N) is 1. The second-order valence-corrected chi connectivity index (χ2v) is 5.45. The van der Waals surface area contributed by atoms with Gasteiger partial charge in [-0.3, -0.25) is 0 Å². The largest absolute Gasteiger partial charge is 0.313 e. The molecule has 0 aliphatic rings. The van der Waals surface area contributed by atoms with E-state index in [2.05, 4.69) is 58.8 Å². The van der Waals surface area contributed by atoms with Gasteiger partial charge in [0.1, 0.15) is 0 Å². The van der Waals surface area contributed by atoms with Crippen molar-refractivity contribution in [2.24, 2.45) is 11.8 Å². The highest BCUT2D eigenvalue weighted by Crippen LogP contribution is 2.07. The van der Waals surface area contributed by atoms with Gasteiger partial charge in [-0.15, -0.1) is 0 Å². The first-order chi connectivity index (χ1) is 6.86. The maximum absolute atomic E-state index is 3.57. The first-order valence-electron chi connectivity index (χ1n) is 6.29. The topological polar surface area (TPSA) is 15.3 Å². The highest BCUT2D eigenvalue weighted by molar-refractivity contribution is 4.70. The Morgan fingerprint density at radius 1 is 0.933 bits per heavy atom. The highest BCUT2D eigenvalue weighted by Gasteiger charge is 2.13. The van der Waals surface area contributed by atoms with Crippen molar-refractivity contribution in [1.82, 2.24) is 10.2 Å². The molecule has 0 aromatic carbocycles. The minimum Gasteiger partial charge on any atom is -0.313 e. The van der Waals surface area contributed by atoms with E-state index in [0.717, 1.165) is 24.9 Å². The fourth-order valence-corrected chi connectivity index (χ4v) is 1.42. The molecule has 15 heavy (non-hydrogen) atoms. The van der Waals surface area contributed by atoms with Gasteiger partial charge in [0.15, 0.2) is 0 Å². The first-order valence-corrected chi connectivity index (χ1v) is 6.29. The predicted octanol–water partition coefficient (Wildman–Crippen LogP) is 2.60. The van der Waals surface area contributed by atoms with Crippen LogP contribution in [0.25, 0.3) is 0 Å². The SMILES string of the molecule is CC(C)C(C)NCCN(C)C(C)C(C)C. The number of hydrogen-bond acceptors (Lipinski definition) is 2. The molecule has 0 fully saturated rings. The van der Waals surface area contributed by atoms with Crippen LogP contribution in [0.5, 0.6) is 0 Å². The molecular formula is C13H30N2. The molecule has 2 nitrogen and oxygen atoms in total. The van der Waals surface area contributed by atoms with E-state index in [9.17, 15) is 0 Å². The summed E-state index contributed by atoms with van der Waals surface area (Å²) in [5.41, 5.74) is 0. The molecule has 0 saturated heterocycles. The lowest BCUT2D eigenvalue weighted by atomic mass is 10.1. The summed E-state index contributed by atoms with van der Waals surface area (Å²) in [7, 11) is 2.21. The Labute approximate surface area is 96.4 Å². The summed E-state index contributed by atoms with van der Waals surface area (Å²) in [6.45, 7) is 15.9. The molecule has 0 amide bonds. The van der Waals surface area contributed by atoms with Crippen molar-refractivity contribution in [2.75, 3.05) is 20.1 Å². The standard InChI is InChI=1S/C13H30N2/c1-10(2)12(5)14-8-9-15(7)13(6)11(3)4/h10-14H,8-9H2,1-7H3. The Kier molecular flexibility index (Phi) is 7.20. The smallest absolute Gasteiger partial charge is 0.0107 e. The van der Waals surface area contributed by atoms with E-state index in [1.54, 1.807) is 0 Å². The van der Waals surface area contributed by atoms with Gasteiger partial charge in [-0.25, -0.2) is 0 Å². The summed E-state index contributed by atoms with van der Waals surface area (Å²) in [6, 6.07) is 1.29. The molecule has 0 aromatic heterocycles. The second kappa shape index (κ2) is 7.24. The molecule has 0 aliphatic heterocycles. The van der Waals surface area contributed by atoms with Crippen LogP contribution in [-0.4, -0.2) is 37.1 Å². The average Bonchev–Trinajstić information content (AvgIpc) is 2.15. The van der Waals surface area contributed by atoms with E-state index in [0.29, 0.717) is 12.1 Å². The molecule has 0 aliphatic carbocycles. The molecule has 0 heterocycles. The van der Waals surface area contributed by atoms with Crippen LogP contribution in [0.15, 0.2) is 0 Å². The summed E-state index contributed by atoms with van der Waals surface area (Å²) < 4.78 is 0. The van der Waals surface area contributed by atoms with Gasteiger partial charge in [-0.05, 0) is 32.7 Å². The fourth-order valence-electron chi connectivity index (χ4n) is 1.42. The van der Waals surface area contributed by atoms with Crippen LogP contribution in [-0.2, 0) is 0 Å². The molecule has 0 bridgehead atoms. The van der Waals surface area contributed by atoms with Crippen molar-refractivity contribution in [3.8, 4) is 0 Å². The van der Waals surface area contributed by atoms with E-state index in [4.69, 9.17) is 0 Å². The van der Waals surface area contributed by atoms with Gasteiger partial charge in [0.2, 0.25) is 0 Å². The van der Waals surface area contributed by atoms with Crippen LogP contribution in [0.3, 0.4) is 0 Å². The Morgan fingerprint density at radius 3 is 1.87 bits per heavy atom. The van der Waals surface area contributed by atoms with Crippen LogP contribution < -0.4 is 5.32 Å². The van der Waals surface area contributed by atoms with Crippen molar-refractivity contribution in [2.45, 2.75) is 53.6 Å². The maximum Gasteiger partial charge on any atom is 0.0107 e. The second-order valence-electron chi connectivity index (χ2n) is 5.45. The lowest BCUT2D eigenvalue weighted by Gasteiger charge is -2.28. The number of nitrogens with one attached hydrogen (secondary N) is 1. The van der Waals surface area contributed by atoms with Crippen LogP contribution in [0.1, 0.15) is 41.5 Å². The number of likely N-dealkylation sites (N-methyl/N-ethyl adjacent to an activating group) is 1. The van der Waals surface area contributed by atoms with Gasteiger partial charge in [0, 0.05) is 25.2 Å². The van der Waals surface area contributed by atoms with E-state index < -0.39 is 0 Å². The van der Waals surface area contributed by atoms with Gasteiger partial charge in [-0.1, -0.05) is 27.7 Å². The van der Waals surface area contributed by atoms with Gasteiger partial charge in [-0.2, -0.15) is 0 Å². The van der Waals surface area contributed by atoms with E-state index in [1.807, 2.05) is 0 Å². The summed E-state index contributed by atoms with van der Waals surface area (Å²) in [5.74, 6) is 1.45. The Morgan fingerprint density at radius 2 is 1.47 bits per heavy atom. The highest BCUT2D eigenvalue weighted by atomic mass is 15.1. The van der Waals surface area contributed by atoms with Crippen LogP contribution in [0, 0.1) is 11.8 Å². The average molecular weight is 214 g/mol. The maximum atomic E-state index is 3.57. The molecule has 0 spiro atoms. The zero-order chi connectivity index (χ0) is 12.0. The van der Waals surface area contributed by atoms with Crippen LogP contribution in [0.2, 0.25) is 0 Å². The monoisotopic (exact) mass is 214 g/mol. The van der Waals surface area contributed by atoms with Crippen molar-refractivity contribution >= 4 is 0 Å². The fraction of sp³-hybridized carbons (Fsp3) is 1.00. The molecule has 0 radical (unpaired) electrons. The zero-order valence-electron chi connectivity index (χ0n) is 11.7. The third-order valence-electron chi connectivity index (χ3n) is 3.59. The lowest BCUT2D eigenvalue weighted by Crippen LogP contribution is -2.41. The third kappa shape index (κ3) is 6.16. The normalized spacial score (nSPS) is 16.4. The van der Waals surface area contributed by atoms with E-state index in [-0.39, 0.29) is 0 Å². The summed E-state index contributed by atoms with van der Waals surface area (Å²) >= 11 is 0. The van der Waals surface area contributed by atoms with Crippen LogP contribution in [0.4, 0.5) is 0 Å². The quantitative estimate of drug-likeness (QED) is 0.701. The summed E-state index contributed by atoms with van der Waals surface area (Å²) in [5, 5.41) is 3.57. The Bertz CT molecular complexity index is 155. The van der Waals surface area contributed by atoms with Crippen molar-refractivity contribution in [1.29, 1.82) is 0 Å². The van der Waals surface area contributed by atoms with E-state index in [1.165, 1.54) is 0 Å². The summed E-state index contributed by atoms with van der Waals surface area (Å²) in [4.78, 5) is 2.44. The Hall–Kier alpha value is -0.0800. The van der Waals surface area contributed by atoms with Crippen molar-refractivity contribution < 1.29 is 0 Å².